The third-order valence-corrected chi connectivity index (χ3v) is 5.02. The molecular weight excluding hydrogens is 384 g/mol. The Kier molecular flexibility index (Phi) is 5.80. The topological polar surface area (TPSA) is 113 Å². The van der Waals surface area contributed by atoms with E-state index in [0.29, 0.717) is 30.3 Å². The first-order valence-electron chi connectivity index (χ1n) is 9.61. The highest BCUT2D eigenvalue weighted by Crippen LogP contribution is 2.28. The normalized spacial score (nSPS) is 18.4. The van der Waals surface area contributed by atoms with Crippen molar-refractivity contribution in [3.63, 3.8) is 0 Å². The van der Waals surface area contributed by atoms with Gasteiger partial charge in [0.2, 0.25) is 5.91 Å². The number of hydrogen-bond donors (Lipinski definition) is 2. The maximum atomic E-state index is 12.9. The van der Waals surface area contributed by atoms with E-state index in [4.69, 9.17) is 4.74 Å². The zero-order valence-electron chi connectivity index (χ0n) is 16.5. The minimum atomic E-state index is -0.315. The van der Waals surface area contributed by atoms with Gasteiger partial charge in [0, 0.05) is 38.2 Å². The minimum absolute atomic E-state index is 0.0502. The minimum Gasteiger partial charge on any atom is -0.375 e. The van der Waals surface area contributed by atoms with Crippen LogP contribution in [0.25, 0.3) is 11.4 Å². The van der Waals surface area contributed by atoms with E-state index in [1.165, 1.54) is 13.3 Å². The summed E-state index contributed by atoms with van der Waals surface area (Å²) in [6.45, 7) is 0.704. The first-order valence-corrected chi connectivity index (χ1v) is 9.61. The van der Waals surface area contributed by atoms with E-state index in [0.717, 1.165) is 5.56 Å². The van der Waals surface area contributed by atoms with Crippen molar-refractivity contribution in [1.29, 1.82) is 0 Å². The van der Waals surface area contributed by atoms with E-state index in [2.05, 4.69) is 25.5 Å². The van der Waals surface area contributed by atoms with Gasteiger partial charge in [0.25, 0.3) is 5.91 Å². The van der Waals surface area contributed by atoms with Gasteiger partial charge in [0.15, 0.2) is 5.82 Å². The fraction of sp³-hybridized carbons (Fsp3) is 0.286. The Bertz CT molecular complexity index is 1010. The van der Waals surface area contributed by atoms with Crippen LogP contribution < -0.4 is 5.32 Å². The first kappa shape index (κ1) is 19.7. The summed E-state index contributed by atoms with van der Waals surface area (Å²) in [6.07, 6.45) is 3.16. The lowest BCUT2D eigenvalue weighted by molar-refractivity contribution is -0.125. The monoisotopic (exact) mass is 406 g/mol. The summed E-state index contributed by atoms with van der Waals surface area (Å²) < 4.78 is 4.92. The molecule has 1 saturated heterocycles. The zero-order chi connectivity index (χ0) is 20.9. The molecule has 30 heavy (non-hydrogen) atoms. The van der Waals surface area contributed by atoms with Crippen LogP contribution in [0.15, 0.2) is 54.9 Å². The number of methoxy groups -OCH3 is 1. The van der Waals surface area contributed by atoms with Crippen LogP contribution in [0.1, 0.15) is 22.1 Å². The number of hydrogen-bond acceptors (Lipinski definition) is 6. The highest BCUT2D eigenvalue weighted by atomic mass is 16.5. The summed E-state index contributed by atoms with van der Waals surface area (Å²) in [6, 6.07) is 12.8. The van der Waals surface area contributed by atoms with Gasteiger partial charge in [-0.15, -0.1) is 0 Å². The fourth-order valence-corrected chi connectivity index (χ4v) is 3.60. The van der Waals surface area contributed by atoms with Crippen LogP contribution in [0.4, 0.5) is 0 Å². The number of rotatable bonds is 6. The van der Waals surface area contributed by atoms with Gasteiger partial charge in [-0.25, -0.2) is 4.98 Å². The van der Waals surface area contributed by atoms with Crippen molar-refractivity contribution in [1.82, 2.24) is 30.4 Å². The molecule has 2 N–H and O–H groups in total. The van der Waals surface area contributed by atoms with Crippen LogP contribution in [-0.4, -0.2) is 69.7 Å². The van der Waals surface area contributed by atoms with Gasteiger partial charge in [0.1, 0.15) is 12.4 Å². The largest absolute Gasteiger partial charge is 0.375 e. The molecule has 4 rings (SSSR count). The standard InChI is InChI=1S/C21H22N6O3/c1-30-13-18(28)23-17-12-27(21(29)15-8-5-9-22-10-15)11-16(17)20-24-19(25-26-20)14-6-3-2-4-7-14/h2-10,16-17H,11-13H2,1H3,(H,23,28)(H,24,25,26)/t16-,17-/m1/s1. The van der Waals surface area contributed by atoms with Gasteiger partial charge in [-0.3, -0.25) is 19.7 Å². The fourth-order valence-electron chi connectivity index (χ4n) is 3.60. The average Bonchev–Trinajstić information content (AvgIpc) is 3.42. The van der Waals surface area contributed by atoms with Crippen molar-refractivity contribution in [2.24, 2.45) is 0 Å². The van der Waals surface area contributed by atoms with E-state index >= 15 is 0 Å². The smallest absolute Gasteiger partial charge is 0.255 e. The SMILES string of the molecule is COCC(=O)N[C@@H]1CN(C(=O)c2cccnc2)C[C@H]1c1nc(-c2ccccc2)n[nH]1. The molecule has 0 spiro atoms. The number of nitrogens with one attached hydrogen (secondary N) is 2. The Morgan fingerprint density at radius 2 is 2.03 bits per heavy atom. The van der Waals surface area contributed by atoms with Crippen molar-refractivity contribution in [3.8, 4) is 11.4 Å². The van der Waals surface area contributed by atoms with Crippen LogP contribution in [0, 0.1) is 0 Å². The molecule has 1 fully saturated rings. The third-order valence-electron chi connectivity index (χ3n) is 5.02. The number of aromatic amines is 1. The van der Waals surface area contributed by atoms with E-state index in [1.54, 1.807) is 23.2 Å². The Labute approximate surface area is 173 Å². The molecule has 1 aromatic carbocycles. The van der Waals surface area contributed by atoms with E-state index < -0.39 is 0 Å². The second-order valence-corrected chi connectivity index (χ2v) is 7.08. The molecule has 2 amide bonds. The second-order valence-electron chi connectivity index (χ2n) is 7.08. The number of carbonyl (C=O) groups is 2. The molecule has 1 aliphatic rings. The van der Waals surface area contributed by atoms with E-state index in [-0.39, 0.29) is 30.4 Å². The van der Waals surface area contributed by atoms with Gasteiger partial charge in [-0.1, -0.05) is 30.3 Å². The number of aromatic nitrogens is 4. The number of likely N-dealkylation sites (tertiary alicyclic amines) is 1. The highest BCUT2D eigenvalue weighted by Gasteiger charge is 2.39. The highest BCUT2D eigenvalue weighted by molar-refractivity contribution is 5.94. The first-order chi connectivity index (χ1) is 14.7. The molecule has 2 atom stereocenters. The Morgan fingerprint density at radius 1 is 1.20 bits per heavy atom. The molecule has 9 heteroatoms. The summed E-state index contributed by atoms with van der Waals surface area (Å²) in [7, 11) is 1.46. The van der Waals surface area contributed by atoms with Crippen molar-refractivity contribution in [2.75, 3.05) is 26.8 Å². The molecule has 0 radical (unpaired) electrons. The van der Waals surface area contributed by atoms with E-state index in [9.17, 15) is 9.59 Å². The molecule has 1 aliphatic heterocycles. The van der Waals surface area contributed by atoms with Gasteiger partial charge in [0.05, 0.1) is 17.5 Å². The maximum absolute atomic E-state index is 12.9. The van der Waals surface area contributed by atoms with Gasteiger partial charge >= 0.3 is 0 Å². The Balaban J connectivity index is 1.58. The second kappa shape index (κ2) is 8.83. The molecule has 3 heterocycles. The summed E-state index contributed by atoms with van der Waals surface area (Å²) >= 11 is 0. The molecule has 3 aromatic rings. The molecule has 0 aliphatic carbocycles. The Hall–Kier alpha value is -3.59. The number of nitrogens with zero attached hydrogens (tertiary/aromatic N) is 4. The average molecular weight is 406 g/mol. The summed E-state index contributed by atoms with van der Waals surface area (Å²) in [5.41, 5.74) is 1.39. The lowest BCUT2D eigenvalue weighted by Crippen LogP contribution is -2.42. The van der Waals surface area contributed by atoms with Gasteiger partial charge in [-0.05, 0) is 12.1 Å². The predicted octanol–water partition coefficient (Wildman–Crippen LogP) is 1.24. The molecule has 0 saturated carbocycles. The molecule has 0 bridgehead atoms. The summed E-state index contributed by atoms with van der Waals surface area (Å²) in [5, 5.41) is 10.3. The zero-order valence-corrected chi connectivity index (χ0v) is 16.5. The van der Waals surface area contributed by atoms with Crippen LogP contribution in [0.5, 0.6) is 0 Å². The number of amides is 2. The van der Waals surface area contributed by atoms with Crippen molar-refractivity contribution in [2.45, 2.75) is 12.0 Å². The van der Waals surface area contributed by atoms with E-state index in [1.807, 2.05) is 30.3 Å². The van der Waals surface area contributed by atoms with Gasteiger partial charge in [-0.2, -0.15) is 5.10 Å². The number of ether oxygens (including phenoxy) is 1. The van der Waals surface area contributed by atoms with Crippen LogP contribution in [-0.2, 0) is 9.53 Å². The quantitative estimate of drug-likeness (QED) is 0.637. The number of H-pyrrole nitrogens is 1. The van der Waals surface area contributed by atoms with Gasteiger partial charge < -0.3 is 15.0 Å². The molecule has 9 nitrogen and oxygen atoms in total. The maximum Gasteiger partial charge on any atom is 0.255 e. The van der Waals surface area contributed by atoms with Crippen LogP contribution in [0.3, 0.4) is 0 Å². The number of pyridine rings is 1. The molecule has 0 unspecified atom stereocenters. The molecular formula is C21H22N6O3. The number of carbonyl (C=O) groups excluding carboxylic acids is 2. The van der Waals surface area contributed by atoms with Crippen LogP contribution >= 0.6 is 0 Å². The third kappa shape index (κ3) is 4.20. The van der Waals surface area contributed by atoms with Crippen molar-refractivity contribution in [3.05, 3.63) is 66.2 Å². The number of benzene rings is 1. The summed E-state index contributed by atoms with van der Waals surface area (Å²) in [5.74, 6) is 0.587. The summed E-state index contributed by atoms with van der Waals surface area (Å²) in [4.78, 5) is 35.4. The predicted molar refractivity (Wildman–Crippen MR) is 109 cm³/mol. The van der Waals surface area contributed by atoms with Crippen molar-refractivity contribution < 1.29 is 14.3 Å². The Morgan fingerprint density at radius 3 is 2.77 bits per heavy atom. The molecule has 154 valence electrons. The van der Waals surface area contributed by atoms with Crippen molar-refractivity contribution >= 4 is 11.8 Å². The molecule has 2 aromatic heterocycles. The van der Waals surface area contributed by atoms with Crippen LogP contribution in [0.2, 0.25) is 0 Å². The lowest BCUT2D eigenvalue weighted by Gasteiger charge is -2.17. The lowest BCUT2D eigenvalue weighted by atomic mass is 10.0.